The number of aliphatic hydroxyl groups excluding tert-OH is 2. The fourth-order valence-corrected chi connectivity index (χ4v) is 4.24. The van der Waals surface area contributed by atoms with Crippen LogP contribution in [0.4, 0.5) is 5.82 Å². The van der Waals surface area contributed by atoms with Gasteiger partial charge in [0.05, 0.1) is 19.0 Å². The minimum absolute atomic E-state index is 0.0327. The molecule has 0 radical (unpaired) electrons. The van der Waals surface area contributed by atoms with Crippen molar-refractivity contribution >= 4 is 17.0 Å². The molecule has 0 spiro atoms. The number of hydrogen-bond donors (Lipinski definition) is 3. The number of hydrogen-bond acceptors (Lipinski definition) is 6. The standard InChI is InChI=1S/C14H19N5O2/c15-12-10-13(17-6-16-12)19(7-18-10)9-3-8-1-2-14(4-9,5-20)11(8)21/h6-9,11,20-21H,1-5H2,(H2,15,16,17). The minimum atomic E-state index is -0.395. The third kappa shape index (κ3) is 1.70. The number of nitrogen functional groups attached to an aromatic ring is 1. The Morgan fingerprint density at radius 2 is 2.24 bits per heavy atom. The highest BCUT2D eigenvalue weighted by Crippen LogP contribution is 2.54. The fourth-order valence-electron chi connectivity index (χ4n) is 4.24. The maximum absolute atomic E-state index is 10.4. The average molecular weight is 289 g/mol. The summed E-state index contributed by atoms with van der Waals surface area (Å²) in [5.74, 6) is 0.627. The van der Waals surface area contributed by atoms with Gasteiger partial charge in [-0.1, -0.05) is 0 Å². The van der Waals surface area contributed by atoms with Gasteiger partial charge in [-0.2, -0.15) is 0 Å². The Balaban J connectivity index is 1.75. The van der Waals surface area contributed by atoms with Crippen LogP contribution < -0.4 is 5.73 Å². The topological polar surface area (TPSA) is 110 Å². The van der Waals surface area contributed by atoms with Crippen LogP contribution in [0, 0.1) is 11.3 Å². The Labute approximate surface area is 121 Å². The number of anilines is 1. The molecule has 2 bridgehead atoms. The third-order valence-electron chi connectivity index (χ3n) is 5.40. The normalized spacial score (nSPS) is 35.4. The highest BCUT2D eigenvalue weighted by Gasteiger charge is 2.53. The van der Waals surface area contributed by atoms with Crippen LogP contribution in [0.25, 0.3) is 11.2 Å². The summed E-state index contributed by atoms with van der Waals surface area (Å²) in [5, 5.41) is 20.2. The van der Waals surface area contributed by atoms with E-state index in [0.717, 1.165) is 31.3 Å². The zero-order valence-corrected chi connectivity index (χ0v) is 11.7. The van der Waals surface area contributed by atoms with Gasteiger partial charge in [0.25, 0.3) is 0 Å². The van der Waals surface area contributed by atoms with Crippen molar-refractivity contribution < 1.29 is 10.2 Å². The molecule has 4 unspecified atom stereocenters. The summed E-state index contributed by atoms with van der Waals surface area (Å²) in [6, 6.07) is 0.187. The molecule has 4 rings (SSSR count). The third-order valence-corrected chi connectivity index (χ3v) is 5.40. The quantitative estimate of drug-likeness (QED) is 0.742. The summed E-state index contributed by atoms with van der Waals surface area (Å²) in [6.07, 6.45) is 6.30. The number of nitrogens with two attached hydrogens (primary N) is 1. The molecule has 2 aliphatic carbocycles. The summed E-state index contributed by atoms with van der Waals surface area (Å²) < 4.78 is 2.03. The molecule has 21 heavy (non-hydrogen) atoms. The lowest BCUT2D eigenvalue weighted by Gasteiger charge is -2.41. The molecule has 0 amide bonds. The second-order valence-electron chi connectivity index (χ2n) is 6.44. The molecular formula is C14H19N5O2. The number of nitrogens with zero attached hydrogens (tertiary/aromatic N) is 4. The number of aromatic nitrogens is 4. The van der Waals surface area contributed by atoms with Crippen molar-refractivity contribution in [1.82, 2.24) is 19.5 Å². The maximum Gasteiger partial charge on any atom is 0.165 e. The van der Waals surface area contributed by atoms with E-state index in [2.05, 4.69) is 15.0 Å². The first-order valence-corrected chi connectivity index (χ1v) is 7.36. The summed E-state index contributed by atoms with van der Waals surface area (Å²) in [6.45, 7) is 0.0327. The molecule has 0 aromatic carbocycles. The molecule has 2 saturated carbocycles. The van der Waals surface area contributed by atoms with Crippen LogP contribution >= 0.6 is 0 Å². The van der Waals surface area contributed by atoms with E-state index in [1.807, 2.05) is 4.57 Å². The number of rotatable bonds is 2. The first-order valence-electron chi connectivity index (χ1n) is 7.36. The minimum Gasteiger partial charge on any atom is -0.396 e. The molecule has 2 aromatic heterocycles. The SMILES string of the molecule is Nc1ncnc2c1ncn2C1CC2CCC(CO)(C1)C2O. The van der Waals surface area contributed by atoms with Crippen molar-refractivity contribution in [2.75, 3.05) is 12.3 Å². The Morgan fingerprint density at radius 3 is 3.05 bits per heavy atom. The summed E-state index contributed by atoms with van der Waals surface area (Å²) >= 11 is 0. The van der Waals surface area contributed by atoms with E-state index in [1.54, 1.807) is 6.33 Å². The van der Waals surface area contributed by atoms with E-state index in [1.165, 1.54) is 6.33 Å². The largest absolute Gasteiger partial charge is 0.396 e. The van der Waals surface area contributed by atoms with E-state index < -0.39 is 6.10 Å². The Morgan fingerprint density at radius 1 is 1.38 bits per heavy atom. The predicted molar refractivity (Wildman–Crippen MR) is 76.3 cm³/mol. The summed E-state index contributed by atoms with van der Waals surface area (Å²) in [4.78, 5) is 12.6. The van der Waals surface area contributed by atoms with Crippen molar-refractivity contribution in [3.05, 3.63) is 12.7 Å². The smallest absolute Gasteiger partial charge is 0.165 e. The van der Waals surface area contributed by atoms with Crippen LogP contribution in [-0.4, -0.2) is 42.4 Å². The first-order chi connectivity index (χ1) is 10.1. The van der Waals surface area contributed by atoms with Gasteiger partial charge in [0, 0.05) is 11.5 Å². The lowest BCUT2D eigenvalue weighted by Crippen LogP contribution is -2.43. The van der Waals surface area contributed by atoms with Crippen LogP contribution in [0.2, 0.25) is 0 Å². The number of fused-ring (bicyclic) bond motifs is 3. The zero-order valence-electron chi connectivity index (χ0n) is 11.7. The van der Waals surface area contributed by atoms with Gasteiger partial charge in [0.15, 0.2) is 11.5 Å². The van der Waals surface area contributed by atoms with Crippen LogP contribution in [0.5, 0.6) is 0 Å². The van der Waals surface area contributed by atoms with Crippen molar-refractivity contribution in [3.8, 4) is 0 Å². The van der Waals surface area contributed by atoms with Crippen LogP contribution in [0.1, 0.15) is 31.7 Å². The maximum atomic E-state index is 10.4. The summed E-state index contributed by atoms with van der Waals surface area (Å²) in [5.41, 5.74) is 6.81. The summed E-state index contributed by atoms with van der Waals surface area (Å²) in [7, 11) is 0. The van der Waals surface area contributed by atoms with Gasteiger partial charge in [-0.15, -0.1) is 0 Å². The second-order valence-corrected chi connectivity index (χ2v) is 6.44. The van der Waals surface area contributed by atoms with Crippen molar-refractivity contribution in [2.24, 2.45) is 11.3 Å². The molecule has 4 atom stereocenters. The predicted octanol–water partition coefficient (Wildman–Crippen LogP) is 0.493. The molecule has 2 heterocycles. The highest BCUT2D eigenvalue weighted by atomic mass is 16.3. The van der Waals surface area contributed by atoms with Gasteiger partial charge in [0.1, 0.15) is 11.8 Å². The first kappa shape index (κ1) is 13.0. The molecule has 0 saturated heterocycles. The van der Waals surface area contributed by atoms with E-state index >= 15 is 0 Å². The van der Waals surface area contributed by atoms with Crippen molar-refractivity contribution in [3.63, 3.8) is 0 Å². The molecule has 2 fully saturated rings. The molecule has 0 aliphatic heterocycles. The van der Waals surface area contributed by atoms with Crippen molar-refractivity contribution in [2.45, 2.75) is 37.8 Å². The van der Waals surface area contributed by atoms with Crippen LogP contribution in [0.3, 0.4) is 0 Å². The van der Waals surface area contributed by atoms with E-state index in [0.29, 0.717) is 11.3 Å². The Bertz CT molecular complexity index is 687. The van der Waals surface area contributed by atoms with E-state index in [4.69, 9.17) is 5.73 Å². The van der Waals surface area contributed by atoms with Gasteiger partial charge in [-0.05, 0) is 31.6 Å². The van der Waals surface area contributed by atoms with Gasteiger partial charge >= 0.3 is 0 Å². The number of aliphatic hydroxyl groups is 2. The van der Waals surface area contributed by atoms with Gasteiger partial charge in [-0.3, -0.25) is 0 Å². The lowest BCUT2D eigenvalue weighted by atomic mass is 9.71. The fraction of sp³-hybridized carbons (Fsp3) is 0.643. The zero-order chi connectivity index (χ0) is 14.6. The Kier molecular flexibility index (Phi) is 2.71. The average Bonchev–Trinajstić information content (AvgIpc) is 2.98. The van der Waals surface area contributed by atoms with E-state index in [-0.39, 0.29) is 24.0 Å². The highest BCUT2D eigenvalue weighted by molar-refractivity contribution is 5.81. The van der Waals surface area contributed by atoms with Gasteiger partial charge in [-0.25, -0.2) is 15.0 Å². The van der Waals surface area contributed by atoms with Crippen LogP contribution in [-0.2, 0) is 0 Å². The molecule has 2 aliphatic rings. The monoisotopic (exact) mass is 289 g/mol. The van der Waals surface area contributed by atoms with Crippen LogP contribution in [0.15, 0.2) is 12.7 Å². The lowest BCUT2D eigenvalue weighted by molar-refractivity contribution is -0.0552. The molecule has 7 nitrogen and oxygen atoms in total. The molecule has 2 aromatic rings. The Hall–Kier alpha value is -1.73. The molecule has 112 valence electrons. The molecular weight excluding hydrogens is 270 g/mol. The molecule has 7 heteroatoms. The number of imidazole rings is 1. The van der Waals surface area contributed by atoms with Gasteiger partial charge in [0.2, 0.25) is 0 Å². The van der Waals surface area contributed by atoms with E-state index in [9.17, 15) is 10.2 Å². The second kappa shape index (κ2) is 4.38. The molecule has 4 N–H and O–H groups in total. The van der Waals surface area contributed by atoms with Gasteiger partial charge < -0.3 is 20.5 Å². The van der Waals surface area contributed by atoms with Crippen molar-refractivity contribution in [1.29, 1.82) is 0 Å².